The van der Waals surface area contributed by atoms with Crippen LogP contribution in [-0.2, 0) is 10.0 Å². The van der Waals surface area contributed by atoms with Gasteiger partial charge in [0.05, 0.1) is 10.6 Å². The number of rotatable bonds is 4. The van der Waals surface area contributed by atoms with Crippen molar-refractivity contribution in [2.75, 3.05) is 4.31 Å². The normalized spacial score (nSPS) is 11.3. The minimum atomic E-state index is -4.09. The maximum absolute atomic E-state index is 13.5. The number of hydrogen-bond donors (Lipinski definition) is 0. The lowest BCUT2D eigenvalue weighted by Gasteiger charge is -2.25. The van der Waals surface area contributed by atoms with Crippen LogP contribution in [0.3, 0.4) is 0 Å². The highest BCUT2D eigenvalue weighted by atomic mass is 32.2. The lowest BCUT2D eigenvalue weighted by Crippen LogP contribution is -2.37. The van der Waals surface area contributed by atoms with Gasteiger partial charge in [0.2, 0.25) is 0 Å². The molecular formula is C23H23NO3S. The van der Waals surface area contributed by atoms with Crippen LogP contribution in [0.2, 0.25) is 0 Å². The molecule has 5 heteroatoms. The van der Waals surface area contributed by atoms with E-state index in [9.17, 15) is 13.2 Å². The predicted octanol–water partition coefficient (Wildman–Crippen LogP) is 4.96. The largest absolute Gasteiger partial charge is 0.272 e. The Morgan fingerprint density at radius 3 is 2.07 bits per heavy atom. The molecule has 3 rings (SSSR count). The van der Waals surface area contributed by atoms with Gasteiger partial charge in [-0.25, -0.2) is 8.42 Å². The van der Waals surface area contributed by atoms with Gasteiger partial charge in [0, 0.05) is 5.56 Å². The van der Waals surface area contributed by atoms with Crippen LogP contribution in [0, 0.1) is 27.7 Å². The Bertz CT molecular complexity index is 1130. The van der Waals surface area contributed by atoms with Gasteiger partial charge in [0.25, 0.3) is 15.9 Å². The number of aryl methyl sites for hydroxylation is 3. The molecular weight excluding hydrogens is 370 g/mol. The minimum absolute atomic E-state index is 0.0833. The summed E-state index contributed by atoms with van der Waals surface area (Å²) in [5.74, 6) is -0.571. The van der Waals surface area contributed by atoms with Gasteiger partial charge in [-0.2, -0.15) is 4.31 Å². The van der Waals surface area contributed by atoms with E-state index in [0.717, 1.165) is 26.6 Å². The van der Waals surface area contributed by atoms with E-state index in [1.54, 1.807) is 42.5 Å². The molecule has 0 saturated carbocycles. The summed E-state index contributed by atoms with van der Waals surface area (Å²) in [6.07, 6.45) is 0. The molecule has 144 valence electrons. The lowest BCUT2D eigenvalue weighted by atomic mass is 10.1. The Balaban J connectivity index is 2.24. The Kier molecular flexibility index (Phi) is 5.38. The summed E-state index contributed by atoms with van der Waals surface area (Å²) in [4.78, 5) is 13.5. The second-order valence-corrected chi connectivity index (χ2v) is 8.76. The Morgan fingerprint density at radius 1 is 0.786 bits per heavy atom. The third kappa shape index (κ3) is 3.71. The molecule has 0 spiro atoms. The first-order chi connectivity index (χ1) is 13.2. The van der Waals surface area contributed by atoms with E-state index in [4.69, 9.17) is 0 Å². The van der Waals surface area contributed by atoms with Gasteiger partial charge < -0.3 is 0 Å². The molecule has 0 atom stereocenters. The number of benzene rings is 3. The van der Waals surface area contributed by atoms with Crippen molar-refractivity contribution in [2.24, 2.45) is 0 Å². The molecule has 0 fully saturated rings. The summed E-state index contributed by atoms with van der Waals surface area (Å²) >= 11 is 0. The quantitative estimate of drug-likeness (QED) is 0.630. The van der Waals surface area contributed by atoms with E-state index < -0.39 is 15.9 Å². The molecule has 0 N–H and O–H groups in total. The average molecular weight is 394 g/mol. The second kappa shape index (κ2) is 7.60. The number of anilines is 1. The molecule has 28 heavy (non-hydrogen) atoms. The molecule has 0 aliphatic carbocycles. The number of amides is 1. The van der Waals surface area contributed by atoms with E-state index in [1.165, 1.54) is 12.1 Å². The van der Waals surface area contributed by atoms with E-state index in [1.807, 2.05) is 39.8 Å². The van der Waals surface area contributed by atoms with Crippen LogP contribution < -0.4 is 4.31 Å². The smallest absolute Gasteiger partial charge is 0.268 e. The molecule has 0 saturated heterocycles. The molecule has 3 aromatic rings. The summed E-state index contributed by atoms with van der Waals surface area (Å²) in [5, 5.41) is 0. The van der Waals surface area contributed by atoms with Crippen LogP contribution in [0.1, 0.15) is 32.6 Å². The molecule has 3 aromatic carbocycles. The summed E-state index contributed by atoms with van der Waals surface area (Å²) in [6.45, 7) is 7.47. The molecule has 1 amide bonds. The van der Waals surface area contributed by atoms with Gasteiger partial charge in [-0.1, -0.05) is 47.5 Å². The molecule has 0 aliphatic rings. The Labute approximate surface area is 166 Å². The Morgan fingerprint density at radius 2 is 1.43 bits per heavy atom. The molecule has 0 heterocycles. The van der Waals surface area contributed by atoms with E-state index in [0.29, 0.717) is 11.3 Å². The van der Waals surface area contributed by atoms with E-state index >= 15 is 0 Å². The molecule has 0 unspecified atom stereocenters. The third-order valence-electron chi connectivity index (χ3n) is 4.80. The van der Waals surface area contributed by atoms with Crippen LogP contribution in [0.15, 0.2) is 71.6 Å². The standard InChI is InChI=1S/C23H23NO3S/c1-16-11-13-21(14-12-16)28(26,27)24(22-10-6-8-18(3)19(22)4)23(25)20-9-5-7-17(2)15-20/h5-15H,1-4H3. The minimum Gasteiger partial charge on any atom is -0.268 e. The number of sulfonamides is 1. The van der Waals surface area contributed by atoms with E-state index in [-0.39, 0.29) is 4.90 Å². The molecule has 4 nitrogen and oxygen atoms in total. The first kappa shape index (κ1) is 19.8. The number of hydrogen-bond acceptors (Lipinski definition) is 3. The zero-order chi connectivity index (χ0) is 20.5. The number of nitrogens with zero attached hydrogens (tertiary/aromatic N) is 1. The van der Waals surface area contributed by atoms with Crippen molar-refractivity contribution in [2.45, 2.75) is 32.6 Å². The highest BCUT2D eigenvalue weighted by molar-refractivity contribution is 7.93. The number of carbonyl (C=O) groups excluding carboxylic acids is 1. The summed E-state index contributed by atoms with van der Waals surface area (Å²) in [5.41, 5.74) is 4.20. The topological polar surface area (TPSA) is 54.5 Å². The van der Waals surface area contributed by atoms with Crippen molar-refractivity contribution in [1.29, 1.82) is 0 Å². The van der Waals surface area contributed by atoms with Crippen LogP contribution in [-0.4, -0.2) is 14.3 Å². The monoisotopic (exact) mass is 393 g/mol. The maximum Gasteiger partial charge on any atom is 0.272 e. The van der Waals surface area contributed by atoms with Crippen molar-refractivity contribution in [3.05, 3.63) is 94.5 Å². The van der Waals surface area contributed by atoms with Gasteiger partial charge in [-0.05, 0) is 69.2 Å². The highest BCUT2D eigenvalue weighted by Gasteiger charge is 2.33. The summed E-state index contributed by atoms with van der Waals surface area (Å²) in [7, 11) is -4.09. The molecule has 0 aromatic heterocycles. The number of carbonyl (C=O) groups is 1. The van der Waals surface area contributed by atoms with Crippen LogP contribution in [0.5, 0.6) is 0 Å². The van der Waals surface area contributed by atoms with Crippen molar-refractivity contribution >= 4 is 21.6 Å². The van der Waals surface area contributed by atoms with Crippen LogP contribution >= 0.6 is 0 Å². The molecule has 0 aliphatic heterocycles. The van der Waals surface area contributed by atoms with Crippen molar-refractivity contribution in [3.8, 4) is 0 Å². The summed E-state index contributed by atoms with van der Waals surface area (Å²) < 4.78 is 28.0. The Hall–Kier alpha value is -2.92. The van der Waals surface area contributed by atoms with Gasteiger partial charge in [0.15, 0.2) is 0 Å². The van der Waals surface area contributed by atoms with Crippen LogP contribution in [0.4, 0.5) is 5.69 Å². The SMILES string of the molecule is Cc1ccc(S(=O)(=O)N(C(=O)c2cccc(C)c2)c2cccc(C)c2C)cc1. The maximum atomic E-state index is 13.5. The van der Waals surface area contributed by atoms with Crippen LogP contribution in [0.25, 0.3) is 0 Å². The third-order valence-corrected chi connectivity index (χ3v) is 6.51. The first-order valence-electron chi connectivity index (χ1n) is 9.01. The lowest BCUT2D eigenvalue weighted by molar-refractivity contribution is 0.100. The van der Waals surface area contributed by atoms with Crippen molar-refractivity contribution in [1.82, 2.24) is 0 Å². The van der Waals surface area contributed by atoms with Gasteiger partial charge in [-0.15, -0.1) is 0 Å². The predicted molar refractivity (Wildman–Crippen MR) is 112 cm³/mol. The zero-order valence-corrected chi connectivity index (χ0v) is 17.2. The fourth-order valence-corrected chi connectivity index (χ4v) is 4.49. The van der Waals surface area contributed by atoms with Gasteiger partial charge in [0.1, 0.15) is 0 Å². The highest BCUT2D eigenvalue weighted by Crippen LogP contribution is 2.30. The van der Waals surface area contributed by atoms with E-state index in [2.05, 4.69) is 0 Å². The van der Waals surface area contributed by atoms with Gasteiger partial charge in [-0.3, -0.25) is 4.79 Å². The fraction of sp³-hybridized carbons (Fsp3) is 0.174. The zero-order valence-electron chi connectivity index (χ0n) is 16.4. The average Bonchev–Trinajstić information content (AvgIpc) is 2.65. The van der Waals surface area contributed by atoms with Crippen molar-refractivity contribution in [3.63, 3.8) is 0 Å². The molecule has 0 radical (unpaired) electrons. The summed E-state index contributed by atoms with van der Waals surface area (Å²) in [6, 6.07) is 18.8. The van der Waals surface area contributed by atoms with Crippen molar-refractivity contribution < 1.29 is 13.2 Å². The first-order valence-corrected chi connectivity index (χ1v) is 10.4. The fourth-order valence-electron chi connectivity index (χ4n) is 3.01. The van der Waals surface area contributed by atoms with Gasteiger partial charge >= 0.3 is 0 Å². The molecule has 0 bridgehead atoms. The second-order valence-electron chi connectivity index (χ2n) is 6.98.